The van der Waals surface area contributed by atoms with E-state index in [1.165, 1.54) is 10.5 Å². The molecule has 0 saturated heterocycles. The van der Waals surface area contributed by atoms with Crippen LogP contribution in [-0.4, -0.2) is 25.8 Å². The zero-order valence-corrected chi connectivity index (χ0v) is 16.3. The van der Waals surface area contributed by atoms with Crippen molar-refractivity contribution < 1.29 is 14.3 Å². The van der Waals surface area contributed by atoms with Crippen molar-refractivity contribution in [3.8, 4) is 0 Å². The van der Waals surface area contributed by atoms with Gasteiger partial charge in [-0.1, -0.05) is 31.2 Å². The van der Waals surface area contributed by atoms with Gasteiger partial charge in [0, 0.05) is 18.4 Å². The third-order valence-corrected chi connectivity index (χ3v) is 4.29. The molecule has 6 heteroatoms. The second kappa shape index (κ2) is 9.62. The molecule has 6 nitrogen and oxygen atoms in total. The number of ether oxygens (including phenoxy) is 1. The maximum atomic E-state index is 12.2. The summed E-state index contributed by atoms with van der Waals surface area (Å²) in [7, 11) is 1.64. The van der Waals surface area contributed by atoms with Crippen LogP contribution in [-0.2, 0) is 11.2 Å². The van der Waals surface area contributed by atoms with E-state index in [0.717, 1.165) is 12.0 Å². The molecule has 1 unspecified atom stereocenters. The van der Waals surface area contributed by atoms with Crippen LogP contribution in [0, 0.1) is 0 Å². The first-order chi connectivity index (χ1) is 12.9. The van der Waals surface area contributed by atoms with E-state index in [1.807, 2.05) is 19.1 Å². The summed E-state index contributed by atoms with van der Waals surface area (Å²) in [6.45, 7) is 6.14. The first-order valence-corrected chi connectivity index (χ1v) is 9.11. The zero-order chi connectivity index (χ0) is 19.8. The molecule has 0 aliphatic rings. The predicted octanol–water partition coefficient (Wildman–Crippen LogP) is 4.72. The molecule has 0 bridgehead atoms. The minimum Gasteiger partial charge on any atom is -0.449 e. The van der Waals surface area contributed by atoms with E-state index in [4.69, 9.17) is 4.74 Å². The Morgan fingerprint density at radius 1 is 1.04 bits per heavy atom. The zero-order valence-electron chi connectivity index (χ0n) is 16.3. The number of hydrogen-bond acceptors (Lipinski definition) is 3. The molecule has 0 aromatic heterocycles. The molecule has 0 heterocycles. The highest BCUT2D eigenvalue weighted by Gasteiger charge is 2.12. The molecule has 0 radical (unpaired) electrons. The van der Waals surface area contributed by atoms with E-state index in [1.54, 1.807) is 38.2 Å². The molecular weight excluding hydrogens is 342 g/mol. The molecule has 2 N–H and O–H groups in total. The Bertz CT molecular complexity index is 757. The van der Waals surface area contributed by atoms with Crippen molar-refractivity contribution in [3.63, 3.8) is 0 Å². The van der Waals surface area contributed by atoms with E-state index >= 15 is 0 Å². The normalized spacial score (nSPS) is 11.4. The number of anilines is 2. The van der Waals surface area contributed by atoms with Crippen LogP contribution >= 0.6 is 0 Å². The first kappa shape index (κ1) is 20.3. The molecule has 2 aromatic carbocycles. The molecule has 1 atom stereocenters. The number of rotatable bonds is 6. The lowest BCUT2D eigenvalue weighted by molar-refractivity contribution is 0.161. The number of hydrogen-bond donors (Lipinski definition) is 2. The summed E-state index contributed by atoms with van der Waals surface area (Å²) in [4.78, 5) is 25.4. The van der Waals surface area contributed by atoms with Crippen LogP contribution in [0.15, 0.2) is 48.5 Å². The SMILES string of the molecule is CCOC(=O)N(C)c1ccc(NC(=O)NC(C)c2ccc(CC)cc2)cc1. The van der Waals surface area contributed by atoms with Gasteiger partial charge in [-0.2, -0.15) is 0 Å². The van der Waals surface area contributed by atoms with Gasteiger partial charge in [-0.3, -0.25) is 4.90 Å². The molecular formula is C21H27N3O3. The van der Waals surface area contributed by atoms with Crippen LogP contribution in [0.2, 0.25) is 0 Å². The van der Waals surface area contributed by atoms with E-state index < -0.39 is 6.09 Å². The quantitative estimate of drug-likeness (QED) is 0.774. The largest absolute Gasteiger partial charge is 0.449 e. The van der Waals surface area contributed by atoms with Crippen LogP contribution in [0.4, 0.5) is 21.0 Å². The highest BCUT2D eigenvalue weighted by Crippen LogP contribution is 2.18. The van der Waals surface area contributed by atoms with Crippen LogP contribution in [0.25, 0.3) is 0 Å². The summed E-state index contributed by atoms with van der Waals surface area (Å²) in [6.07, 6.45) is 0.572. The van der Waals surface area contributed by atoms with Gasteiger partial charge in [0.05, 0.1) is 12.6 Å². The lowest BCUT2D eigenvalue weighted by Crippen LogP contribution is -2.31. The third kappa shape index (κ3) is 5.74. The van der Waals surface area contributed by atoms with E-state index in [2.05, 4.69) is 29.7 Å². The monoisotopic (exact) mass is 369 g/mol. The molecule has 0 spiro atoms. The van der Waals surface area contributed by atoms with Gasteiger partial charge >= 0.3 is 12.1 Å². The topological polar surface area (TPSA) is 70.7 Å². The summed E-state index contributed by atoms with van der Waals surface area (Å²) in [5, 5.41) is 5.72. The third-order valence-electron chi connectivity index (χ3n) is 4.29. The van der Waals surface area contributed by atoms with Crippen LogP contribution in [0.3, 0.4) is 0 Å². The summed E-state index contributed by atoms with van der Waals surface area (Å²) >= 11 is 0. The number of carbonyl (C=O) groups excluding carboxylic acids is 2. The van der Waals surface area contributed by atoms with Crippen LogP contribution < -0.4 is 15.5 Å². The lowest BCUT2D eigenvalue weighted by Gasteiger charge is -2.18. The Morgan fingerprint density at radius 3 is 2.22 bits per heavy atom. The van der Waals surface area contributed by atoms with Crippen molar-refractivity contribution in [2.75, 3.05) is 23.9 Å². The fourth-order valence-electron chi connectivity index (χ4n) is 2.58. The molecule has 0 aliphatic carbocycles. The highest BCUT2D eigenvalue weighted by molar-refractivity contribution is 5.91. The lowest BCUT2D eigenvalue weighted by atomic mass is 10.1. The number of nitrogens with one attached hydrogen (secondary N) is 2. The number of amides is 3. The van der Waals surface area contributed by atoms with Crippen molar-refractivity contribution in [2.45, 2.75) is 33.2 Å². The molecule has 2 rings (SSSR count). The smallest absolute Gasteiger partial charge is 0.413 e. The fourth-order valence-corrected chi connectivity index (χ4v) is 2.58. The molecule has 0 fully saturated rings. The molecule has 0 aliphatic heterocycles. The van der Waals surface area contributed by atoms with Crippen molar-refractivity contribution in [3.05, 3.63) is 59.7 Å². The Morgan fingerprint density at radius 2 is 1.67 bits per heavy atom. The van der Waals surface area contributed by atoms with Crippen molar-refractivity contribution in [2.24, 2.45) is 0 Å². The maximum absolute atomic E-state index is 12.2. The van der Waals surface area contributed by atoms with Gasteiger partial charge in [0.2, 0.25) is 0 Å². The van der Waals surface area contributed by atoms with Crippen LogP contribution in [0.1, 0.15) is 37.9 Å². The maximum Gasteiger partial charge on any atom is 0.413 e. The second-order valence-electron chi connectivity index (χ2n) is 6.22. The average molecular weight is 369 g/mol. The Hall–Kier alpha value is -3.02. The Labute approximate surface area is 160 Å². The van der Waals surface area contributed by atoms with Gasteiger partial charge in [0.25, 0.3) is 0 Å². The summed E-state index contributed by atoms with van der Waals surface area (Å²) in [5.41, 5.74) is 3.64. The number of nitrogens with zero attached hydrogens (tertiary/aromatic N) is 1. The molecule has 144 valence electrons. The van der Waals surface area contributed by atoms with E-state index in [0.29, 0.717) is 18.0 Å². The Kier molecular flexibility index (Phi) is 7.23. The second-order valence-corrected chi connectivity index (χ2v) is 6.22. The molecule has 27 heavy (non-hydrogen) atoms. The van der Waals surface area contributed by atoms with Gasteiger partial charge in [-0.05, 0) is 55.7 Å². The molecule has 2 aromatic rings. The number of aryl methyl sites for hydroxylation is 1. The van der Waals surface area contributed by atoms with Gasteiger partial charge < -0.3 is 15.4 Å². The highest BCUT2D eigenvalue weighted by atomic mass is 16.6. The minimum atomic E-state index is -0.418. The van der Waals surface area contributed by atoms with Gasteiger partial charge in [-0.25, -0.2) is 9.59 Å². The standard InChI is InChI=1S/C21H27N3O3/c1-5-16-7-9-17(10-8-16)15(3)22-20(25)23-18-11-13-19(14-12-18)24(4)21(26)27-6-2/h7-15H,5-6H2,1-4H3,(H2,22,23,25). The number of benzene rings is 2. The fraction of sp³-hybridized carbons (Fsp3) is 0.333. The molecule has 3 amide bonds. The van der Waals surface area contributed by atoms with Crippen LogP contribution in [0.5, 0.6) is 0 Å². The van der Waals surface area contributed by atoms with E-state index in [9.17, 15) is 9.59 Å². The number of urea groups is 1. The predicted molar refractivity (Wildman–Crippen MR) is 108 cm³/mol. The van der Waals surface area contributed by atoms with Crippen molar-refractivity contribution >= 4 is 23.5 Å². The summed E-state index contributed by atoms with van der Waals surface area (Å²) in [5.74, 6) is 0. The minimum absolute atomic E-state index is 0.106. The average Bonchev–Trinajstić information content (AvgIpc) is 2.68. The van der Waals surface area contributed by atoms with Crippen molar-refractivity contribution in [1.29, 1.82) is 0 Å². The number of carbonyl (C=O) groups is 2. The van der Waals surface area contributed by atoms with Crippen molar-refractivity contribution in [1.82, 2.24) is 5.32 Å². The first-order valence-electron chi connectivity index (χ1n) is 9.11. The summed E-state index contributed by atoms with van der Waals surface area (Å²) in [6, 6.07) is 14.8. The summed E-state index contributed by atoms with van der Waals surface area (Å²) < 4.78 is 4.96. The van der Waals surface area contributed by atoms with E-state index in [-0.39, 0.29) is 12.1 Å². The Balaban J connectivity index is 1.92. The molecule has 0 saturated carbocycles. The van der Waals surface area contributed by atoms with Gasteiger partial charge in [-0.15, -0.1) is 0 Å². The van der Waals surface area contributed by atoms with Gasteiger partial charge in [0.1, 0.15) is 0 Å². The van der Waals surface area contributed by atoms with Gasteiger partial charge in [0.15, 0.2) is 0 Å².